The molecule has 1 aliphatic heterocycles. The van der Waals surface area contributed by atoms with Gasteiger partial charge < -0.3 is 21.1 Å². The highest BCUT2D eigenvalue weighted by molar-refractivity contribution is 6.08. The first-order valence-electron chi connectivity index (χ1n) is 12.4. The number of carbonyl (C=O) groups excluding carboxylic acids is 2. The van der Waals surface area contributed by atoms with E-state index in [4.69, 9.17) is 16.2 Å². The van der Waals surface area contributed by atoms with Gasteiger partial charge in [-0.1, -0.05) is 18.2 Å². The normalized spacial score (nSPS) is 18.1. The highest BCUT2D eigenvalue weighted by Crippen LogP contribution is 2.59. The lowest BCUT2D eigenvalue weighted by Crippen LogP contribution is -2.38. The van der Waals surface area contributed by atoms with Crippen LogP contribution in [0.15, 0.2) is 73.1 Å². The SMILES string of the molecule is NC(=O)C1(C(N)=O)CC1c1ccc(Oc2ccnc3cc(-c4ccc(N5CCCC5)nc4)ccc23)cc1. The molecule has 186 valence electrons. The van der Waals surface area contributed by atoms with Gasteiger partial charge in [-0.25, -0.2) is 4.98 Å². The minimum atomic E-state index is -1.29. The molecular weight excluding hydrogens is 466 g/mol. The Hall–Kier alpha value is -4.46. The van der Waals surface area contributed by atoms with Crippen molar-refractivity contribution in [2.75, 3.05) is 18.0 Å². The first-order chi connectivity index (χ1) is 18.0. The Kier molecular flexibility index (Phi) is 5.52. The molecule has 4 aromatic rings. The molecule has 3 heterocycles. The number of carbonyl (C=O) groups is 2. The summed E-state index contributed by atoms with van der Waals surface area (Å²) in [4.78, 5) is 35.2. The average molecular weight is 494 g/mol. The van der Waals surface area contributed by atoms with Crippen molar-refractivity contribution in [3.05, 3.63) is 78.6 Å². The lowest BCUT2D eigenvalue weighted by atomic mass is 9.97. The van der Waals surface area contributed by atoms with Crippen molar-refractivity contribution in [2.45, 2.75) is 25.2 Å². The van der Waals surface area contributed by atoms with Crippen LogP contribution in [0.25, 0.3) is 22.0 Å². The van der Waals surface area contributed by atoms with Crippen LogP contribution in [0.4, 0.5) is 5.82 Å². The number of nitrogens with zero attached hydrogens (tertiary/aromatic N) is 3. The molecular formula is C29H27N5O3. The van der Waals surface area contributed by atoms with Crippen molar-refractivity contribution in [3.8, 4) is 22.6 Å². The molecule has 2 aromatic carbocycles. The smallest absolute Gasteiger partial charge is 0.233 e. The van der Waals surface area contributed by atoms with Gasteiger partial charge in [-0.2, -0.15) is 0 Å². The summed E-state index contributed by atoms with van der Waals surface area (Å²) in [6, 6.07) is 19.4. The lowest BCUT2D eigenvalue weighted by molar-refractivity contribution is -0.133. The monoisotopic (exact) mass is 493 g/mol. The van der Waals surface area contributed by atoms with Crippen LogP contribution in [0.3, 0.4) is 0 Å². The predicted octanol–water partition coefficient (Wildman–Crippen LogP) is 4.13. The van der Waals surface area contributed by atoms with E-state index in [9.17, 15) is 9.59 Å². The summed E-state index contributed by atoms with van der Waals surface area (Å²) in [5.41, 5.74) is 13.3. The van der Waals surface area contributed by atoms with Crippen molar-refractivity contribution in [3.63, 3.8) is 0 Å². The second kappa shape index (κ2) is 8.89. The van der Waals surface area contributed by atoms with Gasteiger partial charge in [0.05, 0.1) is 5.52 Å². The van der Waals surface area contributed by atoms with Crippen molar-refractivity contribution in [1.82, 2.24) is 9.97 Å². The molecule has 1 saturated carbocycles. The van der Waals surface area contributed by atoms with E-state index < -0.39 is 17.2 Å². The van der Waals surface area contributed by atoms with Crippen LogP contribution in [0.1, 0.15) is 30.7 Å². The summed E-state index contributed by atoms with van der Waals surface area (Å²) in [7, 11) is 0. The third-order valence-corrected chi connectivity index (χ3v) is 7.56. The van der Waals surface area contributed by atoms with E-state index in [2.05, 4.69) is 27.0 Å². The Labute approximate surface area is 214 Å². The maximum absolute atomic E-state index is 11.8. The molecule has 2 fully saturated rings. The number of primary amides is 2. The number of amides is 2. The third-order valence-electron chi connectivity index (χ3n) is 7.56. The van der Waals surface area contributed by atoms with Gasteiger partial charge in [-0.15, -0.1) is 0 Å². The molecule has 8 nitrogen and oxygen atoms in total. The van der Waals surface area contributed by atoms with Crippen molar-refractivity contribution < 1.29 is 14.3 Å². The first-order valence-corrected chi connectivity index (χ1v) is 12.4. The van der Waals surface area contributed by atoms with E-state index in [1.54, 1.807) is 6.20 Å². The number of anilines is 1. The minimum Gasteiger partial charge on any atom is -0.457 e. The standard InChI is InChI=1S/C29H27N5O3/c30-27(35)29(28(31)36)16-23(29)18-3-7-21(8-4-18)37-25-11-12-32-24-15-19(5-9-22(24)25)20-6-10-26(33-17-20)34-13-1-2-14-34/h3-12,15,17,23H,1-2,13-14,16H2,(H2,30,35)(H2,31,36). The number of nitrogens with two attached hydrogens (primary N) is 2. The molecule has 2 aliphatic rings. The van der Waals surface area contributed by atoms with Crippen molar-refractivity contribution in [2.24, 2.45) is 16.9 Å². The Balaban J connectivity index is 1.21. The molecule has 1 unspecified atom stereocenters. The predicted molar refractivity (Wildman–Crippen MR) is 141 cm³/mol. The van der Waals surface area contributed by atoms with Gasteiger partial charge in [-0.05, 0) is 72.9 Å². The number of ether oxygens (including phenoxy) is 1. The number of benzene rings is 2. The summed E-state index contributed by atoms with van der Waals surface area (Å²) in [5, 5.41) is 0.889. The van der Waals surface area contributed by atoms with E-state index in [-0.39, 0.29) is 5.92 Å². The molecule has 0 bridgehead atoms. The Morgan fingerprint density at radius 1 is 0.892 bits per heavy atom. The molecule has 2 amide bonds. The molecule has 1 aliphatic carbocycles. The minimum absolute atomic E-state index is 0.296. The van der Waals surface area contributed by atoms with Crippen molar-refractivity contribution in [1.29, 1.82) is 0 Å². The number of hydrogen-bond donors (Lipinski definition) is 2. The molecule has 0 spiro atoms. The molecule has 8 heteroatoms. The molecule has 0 radical (unpaired) electrons. The first kappa shape index (κ1) is 23.0. The second-order valence-corrected chi connectivity index (χ2v) is 9.77. The molecule has 37 heavy (non-hydrogen) atoms. The second-order valence-electron chi connectivity index (χ2n) is 9.77. The lowest BCUT2D eigenvalue weighted by Gasteiger charge is -2.16. The van der Waals surface area contributed by atoms with Gasteiger partial charge in [0.25, 0.3) is 0 Å². The maximum atomic E-state index is 11.8. The highest BCUT2D eigenvalue weighted by atomic mass is 16.5. The largest absolute Gasteiger partial charge is 0.457 e. The zero-order valence-corrected chi connectivity index (χ0v) is 20.3. The topological polar surface area (TPSA) is 124 Å². The quantitative estimate of drug-likeness (QED) is 0.373. The summed E-state index contributed by atoms with van der Waals surface area (Å²) in [6.07, 6.45) is 6.43. The molecule has 4 N–H and O–H groups in total. The summed E-state index contributed by atoms with van der Waals surface area (Å²) in [5.74, 6) is 0.694. The molecule has 1 atom stereocenters. The molecule has 1 saturated heterocycles. The highest BCUT2D eigenvalue weighted by Gasteiger charge is 2.64. The number of pyridine rings is 2. The fraction of sp³-hybridized carbons (Fsp3) is 0.241. The fourth-order valence-corrected chi connectivity index (χ4v) is 5.31. The average Bonchev–Trinajstić information content (AvgIpc) is 3.46. The Morgan fingerprint density at radius 2 is 1.62 bits per heavy atom. The number of rotatable bonds is 7. The van der Waals surface area contributed by atoms with Crippen LogP contribution < -0.4 is 21.1 Å². The Morgan fingerprint density at radius 3 is 2.27 bits per heavy atom. The fourth-order valence-electron chi connectivity index (χ4n) is 5.31. The van der Waals surface area contributed by atoms with Crippen LogP contribution in [-0.4, -0.2) is 34.9 Å². The Bertz CT molecular complexity index is 1480. The van der Waals surface area contributed by atoms with E-state index in [0.717, 1.165) is 46.5 Å². The van der Waals surface area contributed by atoms with Crippen LogP contribution in [0.5, 0.6) is 11.5 Å². The molecule has 2 aromatic heterocycles. The van der Waals surface area contributed by atoms with E-state index in [0.29, 0.717) is 17.9 Å². The zero-order chi connectivity index (χ0) is 25.6. The summed E-state index contributed by atoms with van der Waals surface area (Å²) in [6.45, 7) is 2.14. The number of fused-ring (bicyclic) bond motifs is 1. The van der Waals surface area contributed by atoms with Gasteiger partial charge in [0.1, 0.15) is 22.7 Å². The van der Waals surface area contributed by atoms with Crippen LogP contribution in [0.2, 0.25) is 0 Å². The van der Waals surface area contributed by atoms with Gasteiger partial charge >= 0.3 is 0 Å². The number of aromatic nitrogens is 2. The van der Waals surface area contributed by atoms with Gasteiger partial charge in [0.15, 0.2) is 0 Å². The van der Waals surface area contributed by atoms with Gasteiger partial charge in [-0.3, -0.25) is 14.6 Å². The van der Waals surface area contributed by atoms with Crippen LogP contribution in [-0.2, 0) is 9.59 Å². The van der Waals surface area contributed by atoms with E-state index >= 15 is 0 Å². The van der Waals surface area contributed by atoms with E-state index in [1.165, 1.54) is 12.8 Å². The maximum Gasteiger partial charge on any atom is 0.233 e. The number of hydrogen-bond acceptors (Lipinski definition) is 6. The summed E-state index contributed by atoms with van der Waals surface area (Å²) < 4.78 is 6.17. The van der Waals surface area contributed by atoms with Crippen LogP contribution >= 0.6 is 0 Å². The zero-order valence-electron chi connectivity index (χ0n) is 20.3. The van der Waals surface area contributed by atoms with Gasteiger partial charge in [0, 0.05) is 42.4 Å². The summed E-state index contributed by atoms with van der Waals surface area (Å²) >= 11 is 0. The van der Waals surface area contributed by atoms with Gasteiger partial charge in [0.2, 0.25) is 11.8 Å². The van der Waals surface area contributed by atoms with Crippen LogP contribution in [0, 0.1) is 5.41 Å². The third kappa shape index (κ3) is 4.04. The van der Waals surface area contributed by atoms with E-state index in [1.807, 2.05) is 54.7 Å². The van der Waals surface area contributed by atoms with Crippen molar-refractivity contribution >= 4 is 28.5 Å². The molecule has 6 rings (SSSR count).